The number of tetrazole rings is 1. The Morgan fingerprint density at radius 3 is 2.90 bits per heavy atom. The summed E-state index contributed by atoms with van der Waals surface area (Å²) in [5.41, 5.74) is 0. The minimum Gasteiger partial charge on any atom is -0.371 e. The number of aromatic amines is 1. The second-order valence-electron chi connectivity index (χ2n) is 2.19. The van der Waals surface area contributed by atoms with Gasteiger partial charge in [-0.05, 0) is 13.8 Å². The molecule has 10 heavy (non-hydrogen) atoms. The average molecular weight is 142 g/mol. The molecule has 0 unspecified atom stereocenters. The SMILES string of the molecule is CC(C)OCc1nn[nH]n1. The van der Waals surface area contributed by atoms with E-state index in [1.165, 1.54) is 0 Å². The molecular formula is C5H10N4O. The lowest BCUT2D eigenvalue weighted by molar-refractivity contribution is 0.0613. The lowest BCUT2D eigenvalue weighted by atomic mass is 10.5. The first-order valence-corrected chi connectivity index (χ1v) is 3.13. The van der Waals surface area contributed by atoms with Gasteiger partial charge in [-0.1, -0.05) is 5.21 Å². The Balaban J connectivity index is 2.28. The van der Waals surface area contributed by atoms with Crippen LogP contribution >= 0.6 is 0 Å². The minimum absolute atomic E-state index is 0.207. The predicted molar refractivity (Wildman–Crippen MR) is 34.1 cm³/mol. The molecule has 0 aliphatic heterocycles. The minimum atomic E-state index is 0.207. The first kappa shape index (κ1) is 7.14. The molecule has 1 aromatic rings. The van der Waals surface area contributed by atoms with Gasteiger partial charge >= 0.3 is 0 Å². The van der Waals surface area contributed by atoms with Crippen molar-refractivity contribution in [1.29, 1.82) is 0 Å². The van der Waals surface area contributed by atoms with Gasteiger partial charge in [-0.2, -0.15) is 5.21 Å². The Morgan fingerprint density at radius 2 is 2.40 bits per heavy atom. The fourth-order valence-electron chi connectivity index (χ4n) is 0.485. The molecule has 0 aliphatic rings. The molecule has 1 N–H and O–H groups in total. The highest BCUT2D eigenvalue weighted by molar-refractivity contribution is 4.70. The van der Waals surface area contributed by atoms with Crippen molar-refractivity contribution in [2.75, 3.05) is 0 Å². The predicted octanol–water partition coefficient (Wildman–Crippen LogP) is 0.125. The highest BCUT2D eigenvalue weighted by Crippen LogP contribution is 1.93. The van der Waals surface area contributed by atoms with Crippen LogP contribution in [0.3, 0.4) is 0 Å². The number of aromatic nitrogens is 4. The molecule has 1 rings (SSSR count). The molecule has 0 saturated carbocycles. The Kier molecular flexibility index (Phi) is 2.33. The van der Waals surface area contributed by atoms with Crippen molar-refractivity contribution in [3.63, 3.8) is 0 Å². The van der Waals surface area contributed by atoms with Crippen molar-refractivity contribution in [3.8, 4) is 0 Å². The van der Waals surface area contributed by atoms with Crippen molar-refractivity contribution < 1.29 is 4.74 Å². The van der Waals surface area contributed by atoms with Gasteiger partial charge in [0.1, 0.15) is 6.61 Å². The molecule has 1 aromatic heterocycles. The average Bonchev–Trinajstić information content (AvgIpc) is 2.34. The standard InChI is InChI=1S/C5H10N4O/c1-4(2)10-3-5-6-8-9-7-5/h4H,3H2,1-2H3,(H,6,7,8,9). The van der Waals surface area contributed by atoms with Crippen LogP contribution < -0.4 is 0 Å². The first-order valence-electron chi connectivity index (χ1n) is 3.13. The van der Waals surface area contributed by atoms with Crippen LogP contribution in [0.25, 0.3) is 0 Å². The van der Waals surface area contributed by atoms with Gasteiger partial charge < -0.3 is 4.74 Å². The Morgan fingerprint density at radius 1 is 1.60 bits per heavy atom. The van der Waals surface area contributed by atoms with Crippen LogP contribution in [0.15, 0.2) is 0 Å². The molecule has 0 atom stereocenters. The monoisotopic (exact) mass is 142 g/mol. The molecule has 56 valence electrons. The van der Waals surface area contributed by atoms with Crippen molar-refractivity contribution in [3.05, 3.63) is 5.82 Å². The number of hydrogen-bond acceptors (Lipinski definition) is 4. The fourth-order valence-corrected chi connectivity index (χ4v) is 0.485. The van der Waals surface area contributed by atoms with E-state index in [9.17, 15) is 0 Å². The van der Waals surface area contributed by atoms with Crippen LogP contribution in [-0.4, -0.2) is 26.7 Å². The summed E-state index contributed by atoms with van der Waals surface area (Å²) < 4.78 is 5.20. The van der Waals surface area contributed by atoms with Crippen LogP contribution in [0.4, 0.5) is 0 Å². The lowest BCUT2D eigenvalue weighted by Gasteiger charge is -2.02. The molecule has 0 spiro atoms. The van der Waals surface area contributed by atoms with E-state index in [2.05, 4.69) is 20.6 Å². The van der Waals surface area contributed by atoms with Crippen LogP contribution in [0, 0.1) is 0 Å². The summed E-state index contributed by atoms with van der Waals surface area (Å²) in [5, 5.41) is 13.2. The molecular weight excluding hydrogens is 132 g/mol. The van der Waals surface area contributed by atoms with E-state index in [1.807, 2.05) is 13.8 Å². The Hall–Kier alpha value is -0.970. The fraction of sp³-hybridized carbons (Fsp3) is 0.800. The zero-order chi connectivity index (χ0) is 7.40. The van der Waals surface area contributed by atoms with E-state index in [0.29, 0.717) is 12.4 Å². The molecule has 0 radical (unpaired) electrons. The molecule has 0 amide bonds. The van der Waals surface area contributed by atoms with Gasteiger partial charge in [0.05, 0.1) is 6.10 Å². The van der Waals surface area contributed by atoms with Crippen LogP contribution in [-0.2, 0) is 11.3 Å². The third-order valence-corrected chi connectivity index (χ3v) is 0.935. The summed E-state index contributed by atoms with van der Waals surface area (Å²) in [6, 6.07) is 0. The number of ether oxygens (including phenoxy) is 1. The second-order valence-corrected chi connectivity index (χ2v) is 2.19. The Labute approximate surface area is 58.8 Å². The third kappa shape index (κ3) is 2.10. The van der Waals surface area contributed by atoms with Gasteiger partial charge in [0.15, 0.2) is 5.82 Å². The molecule has 0 bridgehead atoms. The van der Waals surface area contributed by atoms with Crippen LogP contribution in [0.5, 0.6) is 0 Å². The maximum absolute atomic E-state index is 5.20. The van der Waals surface area contributed by atoms with Gasteiger partial charge in [0, 0.05) is 0 Å². The number of nitrogens with zero attached hydrogens (tertiary/aromatic N) is 3. The quantitative estimate of drug-likeness (QED) is 0.651. The van der Waals surface area contributed by atoms with Gasteiger partial charge in [0.2, 0.25) is 0 Å². The van der Waals surface area contributed by atoms with E-state index in [0.717, 1.165) is 0 Å². The van der Waals surface area contributed by atoms with E-state index < -0.39 is 0 Å². The highest BCUT2D eigenvalue weighted by Gasteiger charge is 1.98. The molecule has 0 saturated heterocycles. The van der Waals surface area contributed by atoms with E-state index in [-0.39, 0.29) is 6.10 Å². The zero-order valence-corrected chi connectivity index (χ0v) is 6.03. The lowest BCUT2D eigenvalue weighted by Crippen LogP contribution is -2.03. The molecule has 0 fully saturated rings. The summed E-state index contributed by atoms with van der Waals surface area (Å²) in [7, 11) is 0. The molecule has 1 heterocycles. The largest absolute Gasteiger partial charge is 0.371 e. The van der Waals surface area contributed by atoms with Crippen molar-refractivity contribution in [2.24, 2.45) is 0 Å². The summed E-state index contributed by atoms with van der Waals surface area (Å²) in [6.07, 6.45) is 0.207. The molecule has 0 aromatic carbocycles. The van der Waals surface area contributed by atoms with Gasteiger partial charge in [-0.15, -0.1) is 10.2 Å². The smallest absolute Gasteiger partial charge is 0.200 e. The number of nitrogens with one attached hydrogen (secondary N) is 1. The van der Waals surface area contributed by atoms with Gasteiger partial charge in [-0.3, -0.25) is 0 Å². The van der Waals surface area contributed by atoms with E-state index >= 15 is 0 Å². The first-order chi connectivity index (χ1) is 4.79. The van der Waals surface area contributed by atoms with Crippen LogP contribution in [0.1, 0.15) is 19.7 Å². The summed E-state index contributed by atoms with van der Waals surface area (Å²) in [5.74, 6) is 0.591. The number of hydrogen-bond donors (Lipinski definition) is 1. The molecule has 5 heteroatoms. The van der Waals surface area contributed by atoms with E-state index in [1.54, 1.807) is 0 Å². The van der Waals surface area contributed by atoms with Crippen molar-refractivity contribution in [2.45, 2.75) is 26.6 Å². The van der Waals surface area contributed by atoms with Crippen LogP contribution in [0.2, 0.25) is 0 Å². The molecule has 5 nitrogen and oxygen atoms in total. The molecule has 0 aliphatic carbocycles. The van der Waals surface area contributed by atoms with Gasteiger partial charge in [-0.25, -0.2) is 0 Å². The maximum atomic E-state index is 5.20. The zero-order valence-electron chi connectivity index (χ0n) is 6.03. The second kappa shape index (κ2) is 3.26. The normalized spacial score (nSPS) is 10.7. The number of rotatable bonds is 3. The van der Waals surface area contributed by atoms with Crippen molar-refractivity contribution in [1.82, 2.24) is 20.6 Å². The highest BCUT2D eigenvalue weighted by atomic mass is 16.5. The van der Waals surface area contributed by atoms with Crippen molar-refractivity contribution >= 4 is 0 Å². The van der Waals surface area contributed by atoms with E-state index in [4.69, 9.17) is 4.74 Å². The van der Waals surface area contributed by atoms with Gasteiger partial charge in [0.25, 0.3) is 0 Å². The topological polar surface area (TPSA) is 63.7 Å². The summed E-state index contributed by atoms with van der Waals surface area (Å²) >= 11 is 0. The Bertz CT molecular complexity index is 172. The maximum Gasteiger partial charge on any atom is 0.200 e. The summed E-state index contributed by atoms with van der Waals surface area (Å²) in [4.78, 5) is 0. The number of H-pyrrole nitrogens is 1. The third-order valence-electron chi connectivity index (χ3n) is 0.935. The summed E-state index contributed by atoms with van der Waals surface area (Å²) in [6.45, 7) is 4.34.